The van der Waals surface area contributed by atoms with Crippen LogP contribution in [-0.4, -0.2) is 29.6 Å². The lowest BCUT2D eigenvalue weighted by Crippen LogP contribution is -2.16. The molecule has 0 aliphatic rings. The quantitative estimate of drug-likeness (QED) is 0.856. The number of anilines is 2. The third kappa shape index (κ3) is 3.75. The van der Waals surface area contributed by atoms with Gasteiger partial charge in [0.25, 0.3) is 10.0 Å². The van der Waals surface area contributed by atoms with Crippen molar-refractivity contribution in [2.24, 2.45) is 0 Å². The van der Waals surface area contributed by atoms with Gasteiger partial charge >= 0.3 is 0 Å². The summed E-state index contributed by atoms with van der Waals surface area (Å²) in [5, 5.41) is 3.01. The van der Waals surface area contributed by atoms with Gasteiger partial charge in [0.05, 0.1) is 11.4 Å². The number of rotatable bonds is 6. The number of thiophene rings is 1. The molecule has 0 atom stereocenters. The van der Waals surface area contributed by atoms with Crippen LogP contribution in [0, 0.1) is 0 Å². The number of para-hydroxylation sites is 2. The van der Waals surface area contributed by atoms with Crippen molar-refractivity contribution in [1.29, 1.82) is 0 Å². The Morgan fingerprint density at radius 3 is 2.52 bits per heavy atom. The predicted octanol–water partition coefficient (Wildman–Crippen LogP) is 2.33. The highest BCUT2D eigenvalue weighted by molar-refractivity contribution is 7.94. The standard InChI is InChI=1S/C14H19N3O2S2/c1-15-10-11-8-9-14(20-11)21(18,19)16-12-6-4-5-7-13(12)17(2)3/h4-9,15-16H,10H2,1-3H3. The maximum absolute atomic E-state index is 12.5. The Hall–Kier alpha value is -1.57. The highest BCUT2D eigenvalue weighted by atomic mass is 32.2. The van der Waals surface area contributed by atoms with E-state index in [9.17, 15) is 8.42 Å². The number of nitrogens with one attached hydrogen (secondary N) is 2. The average molecular weight is 325 g/mol. The van der Waals surface area contributed by atoms with Gasteiger partial charge in [0, 0.05) is 25.5 Å². The summed E-state index contributed by atoms with van der Waals surface area (Å²) in [6.45, 7) is 0.661. The van der Waals surface area contributed by atoms with Crippen LogP contribution in [-0.2, 0) is 16.6 Å². The Morgan fingerprint density at radius 1 is 1.14 bits per heavy atom. The maximum atomic E-state index is 12.5. The zero-order chi connectivity index (χ0) is 15.5. The lowest BCUT2D eigenvalue weighted by atomic mass is 10.2. The minimum Gasteiger partial charge on any atom is -0.376 e. The van der Waals surface area contributed by atoms with Crippen molar-refractivity contribution in [2.45, 2.75) is 10.8 Å². The van der Waals surface area contributed by atoms with Gasteiger partial charge in [0.2, 0.25) is 0 Å². The molecule has 1 aromatic carbocycles. The Morgan fingerprint density at radius 2 is 1.86 bits per heavy atom. The molecular weight excluding hydrogens is 306 g/mol. The molecule has 2 aromatic rings. The highest BCUT2D eigenvalue weighted by Crippen LogP contribution is 2.28. The third-order valence-corrected chi connectivity index (χ3v) is 5.83. The molecule has 5 nitrogen and oxygen atoms in total. The molecule has 0 aliphatic carbocycles. The van der Waals surface area contributed by atoms with Crippen LogP contribution in [0.2, 0.25) is 0 Å². The van der Waals surface area contributed by atoms with E-state index >= 15 is 0 Å². The first-order valence-corrected chi connectivity index (χ1v) is 8.76. The van der Waals surface area contributed by atoms with E-state index in [1.54, 1.807) is 12.1 Å². The summed E-state index contributed by atoms with van der Waals surface area (Å²) in [6, 6.07) is 10.8. The van der Waals surface area contributed by atoms with E-state index in [0.717, 1.165) is 10.6 Å². The van der Waals surface area contributed by atoms with Crippen LogP contribution in [0.5, 0.6) is 0 Å². The summed E-state index contributed by atoms with van der Waals surface area (Å²) in [7, 11) is 2.04. The summed E-state index contributed by atoms with van der Waals surface area (Å²) in [4.78, 5) is 2.86. The molecule has 0 spiro atoms. The van der Waals surface area contributed by atoms with Gasteiger partial charge in [-0.25, -0.2) is 8.42 Å². The number of nitrogens with zero attached hydrogens (tertiary/aromatic N) is 1. The van der Waals surface area contributed by atoms with Gasteiger partial charge in [0.1, 0.15) is 4.21 Å². The Kier molecular flexibility index (Phi) is 4.87. The normalized spacial score (nSPS) is 11.4. The van der Waals surface area contributed by atoms with Crippen LogP contribution in [0.15, 0.2) is 40.6 Å². The smallest absolute Gasteiger partial charge is 0.271 e. The fourth-order valence-corrected chi connectivity index (χ4v) is 4.36. The van der Waals surface area contributed by atoms with Crippen LogP contribution in [0.3, 0.4) is 0 Å². The molecule has 0 bridgehead atoms. The highest BCUT2D eigenvalue weighted by Gasteiger charge is 2.18. The van der Waals surface area contributed by atoms with Crippen molar-refractivity contribution < 1.29 is 8.42 Å². The van der Waals surface area contributed by atoms with Gasteiger partial charge in [0.15, 0.2) is 0 Å². The summed E-state index contributed by atoms with van der Waals surface area (Å²) < 4.78 is 27.9. The van der Waals surface area contributed by atoms with E-state index in [-0.39, 0.29) is 0 Å². The second-order valence-corrected chi connectivity index (χ2v) is 7.85. The average Bonchev–Trinajstić information content (AvgIpc) is 2.88. The zero-order valence-electron chi connectivity index (χ0n) is 12.3. The van der Waals surface area contributed by atoms with Crippen molar-refractivity contribution in [3.8, 4) is 0 Å². The molecular formula is C14H19N3O2S2. The fraction of sp³-hybridized carbons (Fsp3) is 0.286. The van der Waals surface area contributed by atoms with Gasteiger partial charge in [-0.3, -0.25) is 4.72 Å². The number of hydrogen-bond acceptors (Lipinski definition) is 5. The first-order chi connectivity index (χ1) is 9.94. The largest absolute Gasteiger partial charge is 0.376 e. The molecule has 0 radical (unpaired) electrons. The third-order valence-electron chi connectivity index (χ3n) is 2.88. The molecule has 0 saturated heterocycles. The molecule has 7 heteroatoms. The summed E-state index contributed by atoms with van der Waals surface area (Å²) in [5.74, 6) is 0. The monoisotopic (exact) mass is 325 g/mol. The number of sulfonamides is 1. The Labute approximate surface area is 129 Å². The van der Waals surface area contributed by atoms with E-state index < -0.39 is 10.0 Å². The molecule has 1 aromatic heterocycles. The molecule has 0 amide bonds. The van der Waals surface area contributed by atoms with Gasteiger partial charge in [-0.05, 0) is 31.3 Å². The van der Waals surface area contributed by atoms with Crippen LogP contribution in [0.25, 0.3) is 0 Å². The van der Waals surface area contributed by atoms with Crippen molar-refractivity contribution in [2.75, 3.05) is 30.8 Å². The van der Waals surface area contributed by atoms with E-state index in [1.807, 2.05) is 50.3 Å². The maximum Gasteiger partial charge on any atom is 0.271 e. The van der Waals surface area contributed by atoms with E-state index in [1.165, 1.54) is 11.3 Å². The SMILES string of the molecule is CNCc1ccc(S(=O)(=O)Nc2ccccc2N(C)C)s1. The van der Waals surface area contributed by atoms with Gasteiger partial charge in [-0.1, -0.05) is 12.1 Å². The predicted molar refractivity (Wildman–Crippen MR) is 88.7 cm³/mol. The van der Waals surface area contributed by atoms with Gasteiger partial charge in [-0.2, -0.15) is 0 Å². The second-order valence-electron chi connectivity index (χ2n) is 4.77. The van der Waals surface area contributed by atoms with E-state index in [4.69, 9.17) is 0 Å². The molecule has 1 heterocycles. The molecule has 2 rings (SSSR count). The van der Waals surface area contributed by atoms with E-state index in [0.29, 0.717) is 16.4 Å². The second kappa shape index (κ2) is 6.46. The Bertz CT molecular complexity index is 709. The van der Waals surface area contributed by atoms with Crippen molar-refractivity contribution >= 4 is 32.7 Å². The van der Waals surface area contributed by atoms with Crippen LogP contribution < -0.4 is 14.9 Å². The first-order valence-electron chi connectivity index (χ1n) is 6.46. The van der Waals surface area contributed by atoms with Crippen LogP contribution in [0.1, 0.15) is 4.88 Å². The molecule has 21 heavy (non-hydrogen) atoms. The molecule has 0 aliphatic heterocycles. The lowest BCUT2D eigenvalue weighted by Gasteiger charge is -2.17. The van der Waals surface area contributed by atoms with E-state index in [2.05, 4.69) is 10.0 Å². The van der Waals surface area contributed by atoms with Crippen LogP contribution >= 0.6 is 11.3 Å². The first kappa shape index (κ1) is 15.8. The molecule has 0 unspecified atom stereocenters. The number of hydrogen-bond donors (Lipinski definition) is 2. The molecule has 0 saturated carbocycles. The molecule has 2 N–H and O–H groups in total. The fourth-order valence-electron chi connectivity index (χ4n) is 1.92. The van der Waals surface area contributed by atoms with Gasteiger partial charge in [-0.15, -0.1) is 11.3 Å². The van der Waals surface area contributed by atoms with Crippen molar-refractivity contribution in [1.82, 2.24) is 5.32 Å². The summed E-state index contributed by atoms with van der Waals surface area (Å²) in [5.41, 5.74) is 1.40. The minimum absolute atomic E-state index is 0.321. The minimum atomic E-state index is -3.55. The molecule has 0 fully saturated rings. The van der Waals surface area contributed by atoms with Gasteiger partial charge < -0.3 is 10.2 Å². The van der Waals surface area contributed by atoms with Crippen molar-refractivity contribution in [3.05, 3.63) is 41.3 Å². The van der Waals surface area contributed by atoms with Crippen molar-refractivity contribution in [3.63, 3.8) is 0 Å². The summed E-state index contributed by atoms with van der Waals surface area (Å²) >= 11 is 1.27. The lowest BCUT2D eigenvalue weighted by molar-refractivity contribution is 0.603. The summed E-state index contributed by atoms with van der Waals surface area (Å²) in [6.07, 6.45) is 0. The van der Waals surface area contributed by atoms with Crippen LogP contribution in [0.4, 0.5) is 11.4 Å². The Balaban J connectivity index is 2.29. The number of benzene rings is 1. The zero-order valence-corrected chi connectivity index (χ0v) is 13.9. The molecule has 114 valence electrons. The topological polar surface area (TPSA) is 61.4 Å².